The van der Waals surface area contributed by atoms with Gasteiger partial charge in [-0.1, -0.05) is 48.5 Å². The lowest BCUT2D eigenvalue weighted by Gasteiger charge is -2.12. The molecule has 2 aromatic heterocycles. The first-order valence-electron chi connectivity index (χ1n) is 8.60. The van der Waals surface area contributed by atoms with Gasteiger partial charge in [-0.3, -0.25) is 4.99 Å². The van der Waals surface area contributed by atoms with Crippen molar-refractivity contribution in [2.75, 3.05) is 12.8 Å². The van der Waals surface area contributed by atoms with Crippen molar-refractivity contribution in [2.24, 2.45) is 4.99 Å². The van der Waals surface area contributed by atoms with Crippen LogP contribution in [0.2, 0.25) is 0 Å². The highest BCUT2D eigenvalue weighted by Gasteiger charge is 2.25. The van der Waals surface area contributed by atoms with E-state index in [0.717, 1.165) is 40.6 Å². The third-order valence-corrected chi connectivity index (χ3v) is 6.92. The Morgan fingerprint density at radius 2 is 1.85 bits per heavy atom. The van der Waals surface area contributed by atoms with Gasteiger partial charge in [0.15, 0.2) is 0 Å². The van der Waals surface area contributed by atoms with Crippen LogP contribution >= 0.6 is 23.1 Å². The fourth-order valence-corrected chi connectivity index (χ4v) is 5.22. The number of nitrogens with one attached hydrogen (secondary N) is 1. The van der Waals surface area contributed by atoms with Crippen LogP contribution in [-0.2, 0) is 6.42 Å². The zero-order valence-corrected chi connectivity index (χ0v) is 16.0. The average Bonchev–Trinajstić information content (AvgIpc) is 3.30. The lowest BCUT2D eigenvalue weighted by Crippen LogP contribution is -2.14. The quantitative estimate of drug-likeness (QED) is 0.487. The number of aromatic amines is 1. The number of thioether (sulfide) groups is 1. The van der Waals surface area contributed by atoms with Crippen LogP contribution in [0.3, 0.4) is 0 Å². The van der Waals surface area contributed by atoms with Crippen molar-refractivity contribution in [1.29, 1.82) is 0 Å². The zero-order valence-electron chi connectivity index (χ0n) is 14.3. The molecular weight excluding hydrogens is 358 g/mol. The van der Waals surface area contributed by atoms with Crippen LogP contribution in [0, 0.1) is 0 Å². The molecule has 0 unspecified atom stereocenters. The Labute approximate surface area is 160 Å². The fraction of sp³-hybridized carbons (Fsp3) is 0.143. The Morgan fingerprint density at radius 3 is 2.69 bits per heavy atom. The van der Waals surface area contributed by atoms with E-state index in [1.807, 2.05) is 6.07 Å². The lowest BCUT2D eigenvalue weighted by molar-refractivity contribution is 0.944. The number of aromatic nitrogens is 2. The van der Waals surface area contributed by atoms with Gasteiger partial charge < -0.3 is 4.98 Å². The normalized spacial score (nSPS) is 13.7. The molecule has 5 rings (SSSR count). The molecule has 3 nitrogen and oxygen atoms in total. The summed E-state index contributed by atoms with van der Waals surface area (Å²) < 4.78 is 1.22. The molecule has 0 bridgehead atoms. The molecule has 26 heavy (non-hydrogen) atoms. The molecule has 0 aliphatic carbocycles. The van der Waals surface area contributed by atoms with Gasteiger partial charge in [0.1, 0.15) is 16.4 Å². The van der Waals surface area contributed by atoms with E-state index in [0.29, 0.717) is 0 Å². The number of benzene rings is 2. The van der Waals surface area contributed by atoms with Gasteiger partial charge >= 0.3 is 0 Å². The Hall–Kier alpha value is -2.37. The molecule has 0 amide bonds. The van der Waals surface area contributed by atoms with Gasteiger partial charge in [-0.15, -0.1) is 23.1 Å². The van der Waals surface area contributed by atoms with E-state index in [1.54, 1.807) is 23.1 Å². The van der Waals surface area contributed by atoms with Gasteiger partial charge in [0, 0.05) is 23.0 Å². The minimum Gasteiger partial charge on any atom is -0.353 e. The summed E-state index contributed by atoms with van der Waals surface area (Å²) in [5, 5.41) is 2.36. The third kappa shape index (κ3) is 2.50. The standard InChI is InChI=1S/C21H17N3S2/c1-25-21-19(24-20(26-21)13-7-3-2-4-8-13)18-17-15(11-12-22-18)14-9-5-6-10-16(14)23-17/h2-10,23H,11-12H2,1H3. The Kier molecular flexibility index (Phi) is 3.91. The lowest BCUT2D eigenvalue weighted by atomic mass is 10.0. The van der Waals surface area contributed by atoms with Crippen LogP contribution in [0.15, 0.2) is 63.8 Å². The van der Waals surface area contributed by atoms with Crippen molar-refractivity contribution < 1.29 is 0 Å². The first-order valence-corrected chi connectivity index (χ1v) is 10.6. The van der Waals surface area contributed by atoms with E-state index >= 15 is 0 Å². The summed E-state index contributed by atoms with van der Waals surface area (Å²) in [6.45, 7) is 0.816. The molecule has 0 radical (unpaired) electrons. The second-order valence-corrected chi connectivity index (χ2v) is 8.30. The second-order valence-electron chi connectivity index (χ2n) is 6.23. The van der Waals surface area contributed by atoms with Gasteiger partial charge in [0.05, 0.1) is 9.90 Å². The first kappa shape index (κ1) is 15.9. The summed E-state index contributed by atoms with van der Waals surface area (Å²) in [6, 6.07) is 18.9. The summed E-state index contributed by atoms with van der Waals surface area (Å²) in [5.74, 6) is 0. The van der Waals surface area contributed by atoms with E-state index in [1.165, 1.54) is 20.7 Å². The molecule has 1 N–H and O–H groups in total. The molecular formula is C21H17N3S2. The first-order chi connectivity index (χ1) is 12.8. The topological polar surface area (TPSA) is 41.0 Å². The molecule has 1 aliphatic heterocycles. The van der Waals surface area contributed by atoms with Gasteiger partial charge in [-0.2, -0.15) is 0 Å². The van der Waals surface area contributed by atoms with E-state index in [4.69, 9.17) is 9.98 Å². The summed E-state index contributed by atoms with van der Waals surface area (Å²) >= 11 is 3.49. The highest BCUT2D eigenvalue weighted by atomic mass is 32.2. The molecule has 0 saturated carbocycles. The number of nitrogens with zero attached hydrogens (tertiary/aromatic N) is 2. The Bertz CT molecular complexity index is 1120. The van der Waals surface area contributed by atoms with Crippen molar-refractivity contribution in [1.82, 2.24) is 9.97 Å². The summed E-state index contributed by atoms with van der Waals surface area (Å²) in [6.07, 6.45) is 3.09. The fourth-order valence-electron chi connectivity index (χ4n) is 3.51. The molecule has 0 atom stereocenters. The van der Waals surface area contributed by atoms with Gasteiger partial charge in [0.2, 0.25) is 0 Å². The van der Waals surface area contributed by atoms with E-state index in [-0.39, 0.29) is 0 Å². The number of thiazole rings is 1. The summed E-state index contributed by atoms with van der Waals surface area (Å²) in [4.78, 5) is 13.4. The SMILES string of the molecule is CSc1sc(-c2ccccc2)nc1C1=NCCc2c1[nH]c1ccccc21. The molecule has 2 aromatic carbocycles. The van der Waals surface area contributed by atoms with Gasteiger partial charge in [-0.25, -0.2) is 4.98 Å². The number of rotatable bonds is 3. The molecule has 0 saturated heterocycles. The van der Waals surface area contributed by atoms with Crippen molar-refractivity contribution in [3.8, 4) is 10.6 Å². The van der Waals surface area contributed by atoms with Gasteiger partial charge in [-0.05, 0) is 24.3 Å². The molecule has 5 heteroatoms. The molecule has 1 aliphatic rings. The number of para-hydroxylation sites is 1. The van der Waals surface area contributed by atoms with Gasteiger partial charge in [0.25, 0.3) is 0 Å². The minimum absolute atomic E-state index is 0.816. The number of fused-ring (bicyclic) bond motifs is 3. The Balaban J connectivity index is 1.67. The molecule has 0 spiro atoms. The van der Waals surface area contributed by atoms with Crippen LogP contribution in [-0.4, -0.2) is 28.5 Å². The van der Waals surface area contributed by atoms with Crippen LogP contribution < -0.4 is 0 Å². The zero-order chi connectivity index (χ0) is 17.5. The van der Waals surface area contributed by atoms with Crippen molar-refractivity contribution in [2.45, 2.75) is 10.6 Å². The number of hydrogen-bond donors (Lipinski definition) is 1. The minimum atomic E-state index is 0.816. The summed E-state index contributed by atoms with van der Waals surface area (Å²) in [5.41, 5.74) is 6.85. The number of aliphatic imine (C=N–C) groups is 1. The van der Waals surface area contributed by atoms with Crippen LogP contribution in [0.1, 0.15) is 17.0 Å². The molecule has 4 aromatic rings. The number of H-pyrrole nitrogens is 1. The van der Waals surface area contributed by atoms with Crippen molar-refractivity contribution in [3.63, 3.8) is 0 Å². The highest BCUT2D eigenvalue weighted by molar-refractivity contribution is 8.00. The average molecular weight is 376 g/mol. The van der Waals surface area contributed by atoms with E-state index in [9.17, 15) is 0 Å². The maximum Gasteiger partial charge on any atom is 0.125 e. The number of hydrogen-bond acceptors (Lipinski definition) is 4. The highest BCUT2D eigenvalue weighted by Crippen LogP contribution is 2.37. The van der Waals surface area contributed by atoms with Crippen LogP contribution in [0.25, 0.3) is 21.5 Å². The predicted octanol–water partition coefficient (Wildman–Crippen LogP) is 5.41. The van der Waals surface area contributed by atoms with Crippen LogP contribution in [0.4, 0.5) is 0 Å². The maximum atomic E-state index is 4.99. The Morgan fingerprint density at radius 1 is 1.04 bits per heavy atom. The smallest absolute Gasteiger partial charge is 0.125 e. The predicted molar refractivity (Wildman–Crippen MR) is 112 cm³/mol. The maximum absolute atomic E-state index is 4.99. The molecule has 0 fully saturated rings. The third-order valence-electron chi connectivity index (χ3n) is 4.71. The summed E-state index contributed by atoms with van der Waals surface area (Å²) in [7, 11) is 0. The molecule has 3 heterocycles. The monoisotopic (exact) mass is 375 g/mol. The molecule has 128 valence electrons. The largest absolute Gasteiger partial charge is 0.353 e. The van der Waals surface area contributed by atoms with E-state index < -0.39 is 0 Å². The van der Waals surface area contributed by atoms with Crippen LogP contribution in [0.5, 0.6) is 0 Å². The van der Waals surface area contributed by atoms with Crippen molar-refractivity contribution in [3.05, 3.63) is 71.5 Å². The van der Waals surface area contributed by atoms with E-state index in [2.05, 4.69) is 59.8 Å². The van der Waals surface area contributed by atoms with Crippen molar-refractivity contribution >= 4 is 39.7 Å². The second kappa shape index (κ2) is 6.41.